The minimum absolute atomic E-state index is 0.00831. The molecule has 0 aromatic heterocycles. The van der Waals surface area contributed by atoms with Gasteiger partial charge in [0.1, 0.15) is 0 Å². The summed E-state index contributed by atoms with van der Waals surface area (Å²) in [5.41, 5.74) is 1.78. The first kappa shape index (κ1) is 16.3. The fourth-order valence-electron chi connectivity index (χ4n) is 2.32. The topological polar surface area (TPSA) is 70.7 Å². The predicted octanol–water partition coefficient (Wildman–Crippen LogP) is 1.23. The quantitative estimate of drug-likeness (QED) is 0.858. The highest BCUT2D eigenvalue weighted by molar-refractivity contribution is 5.94. The Morgan fingerprint density at radius 3 is 2.41 bits per heavy atom. The third-order valence-corrected chi connectivity index (χ3v) is 3.68. The summed E-state index contributed by atoms with van der Waals surface area (Å²) in [5, 5.41) is 5.46. The summed E-state index contributed by atoms with van der Waals surface area (Å²) in [6.07, 6.45) is 1.44. The van der Waals surface area contributed by atoms with Crippen LogP contribution in [-0.2, 0) is 14.3 Å². The van der Waals surface area contributed by atoms with E-state index in [1.54, 1.807) is 0 Å². The van der Waals surface area contributed by atoms with Crippen molar-refractivity contribution in [2.75, 3.05) is 44.1 Å². The van der Waals surface area contributed by atoms with E-state index in [2.05, 4.69) is 10.6 Å². The van der Waals surface area contributed by atoms with Crippen LogP contribution in [0.4, 0.5) is 11.4 Å². The Hall–Kier alpha value is -2.08. The van der Waals surface area contributed by atoms with Gasteiger partial charge < -0.3 is 20.3 Å². The molecule has 0 aliphatic carbocycles. The maximum absolute atomic E-state index is 11.9. The largest absolute Gasteiger partial charge is 0.381 e. The summed E-state index contributed by atoms with van der Waals surface area (Å²) in [4.78, 5) is 25.8. The van der Waals surface area contributed by atoms with Gasteiger partial charge in [-0.15, -0.1) is 0 Å². The summed E-state index contributed by atoms with van der Waals surface area (Å²) in [5.74, 6) is -0.333. The molecule has 120 valence electrons. The molecule has 1 aliphatic heterocycles. The molecule has 2 rings (SSSR count). The lowest BCUT2D eigenvalue weighted by Crippen LogP contribution is -2.38. The first-order valence-corrected chi connectivity index (χ1v) is 7.49. The smallest absolute Gasteiger partial charge is 0.243 e. The Morgan fingerprint density at radius 2 is 1.82 bits per heavy atom. The van der Waals surface area contributed by atoms with Gasteiger partial charge in [0.2, 0.25) is 11.8 Å². The van der Waals surface area contributed by atoms with E-state index in [9.17, 15) is 9.59 Å². The van der Waals surface area contributed by atoms with E-state index >= 15 is 0 Å². The highest BCUT2D eigenvalue weighted by Gasteiger charge is 2.21. The van der Waals surface area contributed by atoms with Crippen molar-refractivity contribution in [1.29, 1.82) is 0 Å². The number of rotatable bonds is 5. The summed E-state index contributed by atoms with van der Waals surface area (Å²) in [6.45, 7) is 1.22. The van der Waals surface area contributed by atoms with E-state index < -0.39 is 0 Å². The maximum atomic E-state index is 11.9. The Labute approximate surface area is 130 Å². The zero-order valence-corrected chi connectivity index (χ0v) is 13.1. The number of carbonyl (C=O) groups is 2. The average Bonchev–Trinajstić information content (AvgIpc) is 2.54. The zero-order chi connectivity index (χ0) is 15.9. The Balaban J connectivity index is 1.76. The zero-order valence-electron chi connectivity index (χ0n) is 13.1. The third kappa shape index (κ3) is 4.73. The summed E-state index contributed by atoms with van der Waals surface area (Å²) in [6, 6.07) is 7.54. The minimum atomic E-state index is -0.224. The molecule has 6 nitrogen and oxygen atoms in total. The van der Waals surface area contributed by atoms with Gasteiger partial charge in [-0.05, 0) is 37.1 Å². The Kier molecular flexibility index (Phi) is 5.77. The van der Waals surface area contributed by atoms with Crippen LogP contribution in [0.5, 0.6) is 0 Å². The lowest BCUT2D eigenvalue weighted by molar-refractivity contribution is -0.129. The monoisotopic (exact) mass is 305 g/mol. The molecule has 0 saturated carbocycles. The number of carbonyl (C=O) groups excluding carboxylic acids is 2. The molecular formula is C16H23N3O3. The molecule has 1 fully saturated rings. The molecule has 1 aromatic rings. The van der Waals surface area contributed by atoms with E-state index in [1.165, 1.54) is 0 Å². The first-order valence-electron chi connectivity index (χ1n) is 7.49. The van der Waals surface area contributed by atoms with Gasteiger partial charge in [0, 0.05) is 44.6 Å². The minimum Gasteiger partial charge on any atom is -0.381 e. The van der Waals surface area contributed by atoms with Crippen LogP contribution in [0.1, 0.15) is 12.8 Å². The fraction of sp³-hybridized carbons (Fsp3) is 0.500. The predicted molar refractivity (Wildman–Crippen MR) is 86.0 cm³/mol. The van der Waals surface area contributed by atoms with Gasteiger partial charge in [-0.1, -0.05) is 0 Å². The number of nitrogens with one attached hydrogen (secondary N) is 2. The molecule has 0 atom stereocenters. The molecule has 2 amide bonds. The molecule has 1 heterocycles. The second-order valence-corrected chi connectivity index (χ2v) is 5.59. The lowest BCUT2D eigenvalue weighted by atomic mass is 9.99. The molecule has 2 N–H and O–H groups in total. The van der Waals surface area contributed by atoms with Gasteiger partial charge in [-0.25, -0.2) is 0 Å². The Bertz CT molecular complexity index is 508. The molecule has 0 unspecified atom stereocenters. The van der Waals surface area contributed by atoms with Gasteiger partial charge >= 0.3 is 0 Å². The number of hydrogen-bond donors (Lipinski definition) is 2. The van der Waals surface area contributed by atoms with Crippen molar-refractivity contribution in [3.8, 4) is 0 Å². The maximum Gasteiger partial charge on any atom is 0.243 e. The van der Waals surface area contributed by atoms with Gasteiger partial charge in [-0.2, -0.15) is 0 Å². The molecule has 22 heavy (non-hydrogen) atoms. The molecule has 1 saturated heterocycles. The normalized spacial score (nSPS) is 15.2. The number of ether oxygens (including phenoxy) is 1. The van der Waals surface area contributed by atoms with Gasteiger partial charge in [0.15, 0.2) is 0 Å². The summed E-state index contributed by atoms with van der Waals surface area (Å²) < 4.78 is 5.22. The van der Waals surface area contributed by atoms with Crippen LogP contribution in [-0.4, -0.2) is 45.7 Å². The highest BCUT2D eigenvalue weighted by Crippen LogP contribution is 2.16. The number of amides is 2. The SMILES string of the molecule is CN(C)c1ccc(NC(=O)CNC(=O)C2CCOCC2)cc1. The standard InChI is InChI=1S/C16H23N3O3/c1-19(2)14-5-3-13(4-6-14)18-15(20)11-17-16(21)12-7-9-22-10-8-12/h3-6,12H,7-11H2,1-2H3,(H,17,21)(H,18,20). The summed E-state index contributed by atoms with van der Waals surface area (Å²) in [7, 11) is 3.92. The van der Waals surface area contributed by atoms with E-state index in [1.807, 2.05) is 43.3 Å². The van der Waals surface area contributed by atoms with Crippen LogP contribution in [0.15, 0.2) is 24.3 Å². The Morgan fingerprint density at radius 1 is 1.18 bits per heavy atom. The second kappa shape index (κ2) is 7.79. The van der Waals surface area contributed by atoms with Crippen molar-refractivity contribution in [1.82, 2.24) is 5.32 Å². The van der Waals surface area contributed by atoms with Crippen molar-refractivity contribution >= 4 is 23.2 Å². The molecule has 1 aliphatic rings. The van der Waals surface area contributed by atoms with Crippen molar-refractivity contribution in [2.45, 2.75) is 12.8 Å². The lowest BCUT2D eigenvalue weighted by Gasteiger charge is -2.21. The molecule has 6 heteroatoms. The average molecular weight is 305 g/mol. The van der Waals surface area contributed by atoms with Gasteiger partial charge in [-0.3, -0.25) is 9.59 Å². The molecule has 0 radical (unpaired) electrons. The van der Waals surface area contributed by atoms with Crippen molar-refractivity contribution in [3.05, 3.63) is 24.3 Å². The van der Waals surface area contributed by atoms with Crippen molar-refractivity contribution in [3.63, 3.8) is 0 Å². The van der Waals surface area contributed by atoms with E-state index in [-0.39, 0.29) is 24.3 Å². The highest BCUT2D eigenvalue weighted by atomic mass is 16.5. The van der Waals surface area contributed by atoms with Crippen LogP contribution in [0, 0.1) is 5.92 Å². The third-order valence-electron chi connectivity index (χ3n) is 3.68. The number of benzene rings is 1. The number of hydrogen-bond acceptors (Lipinski definition) is 4. The van der Waals surface area contributed by atoms with Crippen LogP contribution < -0.4 is 15.5 Å². The van der Waals surface area contributed by atoms with E-state index in [0.717, 1.165) is 24.2 Å². The van der Waals surface area contributed by atoms with Crippen molar-refractivity contribution < 1.29 is 14.3 Å². The van der Waals surface area contributed by atoms with Gasteiger partial charge in [0.05, 0.1) is 6.54 Å². The first-order chi connectivity index (χ1) is 10.6. The van der Waals surface area contributed by atoms with Crippen LogP contribution in [0.2, 0.25) is 0 Å². The van der Waals surface area contributed by atoms with Crippen LogP contribution in [0.25, 0.3) is 0 Å². The molecule has 1 aromatic carbocycles. The number of nitrogens with zero attached hydrogens (tertiary/aromatic N) is 1. The van der Waals surface area contributed by atoms with E-state index in [4.69, 9.17) is 4.74 Å². The molecular weight excluding hydrogens is 282 g/mol. The van der Waals surface area contributed by atoms with E-state index in [0.29, 0.717) is 13.2 Å². The second-order valence-electron chi connectivity index (χ2n) is 5.59. The van der Waals surface area contributed by atoms with Crippen LogP contribution in [0.3, 0.4) is 0 Å². The fourth-order valence-corrected chi connectivity index (χ4v) is 2.32. The molecule has 0 spiro atoms. The number of anilines is 2. The van der Waals surface area contributed by atoms with Crippen molar-refractivity contribution in [2.24, 2.45) is 5.92 Å². The molecule has 0 bridgehead atoms. The van der Waals surface area contributed by atoms with Crippen LogP contribution >= 0.6 is 0 Å². The summed E-state index contributed by atoms with van der Waals surface area (Å²) >= 11 is 0. The van der Waals surface area contributed by atoms with Gasteiger partial charge in [0.25, 0.3) is 0 Å².